The fraction of sp³-hybridized carbons (Fsp3) is 0.263. The molecular weight excluding hydrogens is 286 g/mol. The lowest BCUT2D eigenvalue weighted by Gasteiger charge is -2.17. The van der Waals surface area contributed by atoms with E-state index in [-0.39, 0.29) is 11.9 Å². The molecular formula is C19H21N3O. The minimum Gasteiger partial charge on any atom is -0.349 e. The maximum atomic E-state index is 12.2. The van der Waals surface area contributed by atoms with Gasteiger partial charge in [0, 0.05) is 17.3 Å². The highest BCUT2D eigenvalue weighted by atomic mass is 16.1. The molecule has 1 atom stereocenters. The number of hydrogen-bond acceptors (Lipinski definition) is 2. The third-order valence-electron chi connectivity index (χ3n) is 4.22. The maximum Gasteiger partial charge on any atom is 0.251 e. The SMILES string of the molecule is CC(C)[C@H](C)NC(=O)c1ccc(-n2cnc3ccccc32)cc1. The van der Waals surface area contributed by atoms with E-state index in [2.05, 4.69) is 24.1 Å². The predicted octanol–water partition coefficient (Wildman–Crippen LogP) is 3.80. The summed E-state index contributed by atoms with van der Waals surface area (Å²) in [6, 6.07) is 15.7. The first-order valence-corrected chi connectivity index (χ1v) is 7.89. The first-order valence-electron chi connectivity index (χ1n) is 7.89. The Kier molecular flexibility index (Phi) is 4.15. The first-order chi connectivity index (χ1) is 11.1. The molecule has 0 saturated heterocycles. The summed E-state index contributed by atoms with van der Waals surface area (Å²) in [5.41, 5.74) is 3.68. The van der Waals surface area contributed by atoms with E-state index >= 15 is 0 Å². The minimum atomic E-state index is -0.0340. The standard InChI is InChI=1S/C19H21N3O/c1-13(2)14(3)21-19(23)15-8-10-16(11-9-15)22-12-20-17-6-4-5-7-18(17)22/h4-14H,1-3H3,(H,21,23)/t14-/m0/s1. The van der Waals surface area contributed by atoms with E-state index in [9.17, 15) is 4.79 Å². The van der Waals surface area contributed by atoms with Crippen LogP contribution in [0.4, 0.5) is 0 Å². The van der Waals surface area contributed by atoms with Gasteiger partial charge in [0.15, 0.2) is 0 Å². The van der Waals surface area contributed by atoms with Crippen molar-refractivity contribution in [2.75, 3.05) is 0 Å². The lowest BCUT2D eigenvalue weighted by atomic mass is 10.1. The van der Waals surface area contributed by atoms with Gasteiger partial charge < -0.3 is 5.32 Å². The van der Waals surface area contributed by atoms with Crippen LogP contribution in [0.25, 0.3) is 16.7 Å². The lowest BCUT2D eigenvalue weighted by molar-refractivity contribution is 0.0930. The topological polar surface area (TPSA) is 46.9 Å². The van der Waals surface area contributed by atoms with Gasteiger partial charge in [0.2, 0.25) is 0 Å². The number of nitrogens with one attached hydrogen (secondary N) is 1. The largest absolute Gasteiger partial charge is 0.349 e. The van der Waals surface area contributed by atoms with Gasteiger partial charge in [0.1, 0.15) is 6.33 Å². The van der Waals surface area contributed by atoms with E-state index < -0.39 is 0 Å². The quantitative estimate of drug-likeness (QED) is 0.797. The Morgan fingerprint density at radius 1 is 1.04 bits per heavy atom. The van der Waals surface area contributed by atoms with Gasteiger partial charge >= 0.3 is 0 Å². The number of nitrogens with zero attached hydrogens (tertiary/aromatic N) is 2. The second-order valence-corrected chi connectivity index (χ2v) is 6.16. The van der Waals surface area contributed by atoms with Gasteiger partial charge in [-0.05, 0) is 49.2 Å². The van der Waals surface area contributed by atoms with Crippen LogP contribution in [0, 0.1) is 5.92 Å². The monoisotopic (exact) mass is 307 g/mol. The van der Waals surface area contributed by atoms with Crippen LogP contribution in [0.2, 0.25) is 0 Å². The van der Waals surface area contributed by atoms with Crippen molar-refractivity contribution in [3.63, 3.8) is 0 Å². The molecule has 4 nitrogen and oxygen atoms in total. The fourth-order valence-corrected chi connectivity index (χ4v) is 2.40. The molecule has 1 aromatic heterocycles. The molecule has 0 saturated carbocycles. The fourth-order valence-electron chi connectivity index (χ4n) is 2.40. The van der Waals surface area contributed by atoms with Crippen LogP contribution in [-0.2, 0) is 0 Å². The predicted molar refractivity (Wildman–Crippen MR) is 92.8 cm³/mol. The van der Waals surface area contributed by atoms with Crippen molar-refractivity contribution in [3.8, 4) is 5.69 Å². The number of carbonyl (C=O) groups excluding carboxylic acids is 1. The number of imidazole rings is 1. The molecule has 1 heterocycles. The number of amides is 1. The van der Waals surface area contributed by atoms with Crippen LogP contribution in [0.5, 0.6) is 0 Å². The summed E-state index contributed by atoms with van der Waals surface area (Å²) < 4.78 is 2.02. The lowest BCUT2D eigenvalue weighted by Crippen LogP contribution is -2.36. The first kappa shape index (κ1) is 15.3. The van der Waals surface area contributed by atoms with Gasteiger partial charge in [-0.3, -0.25) is 9.36 Å². The Bertz CT molecular complexity index is 818. The number of benzene rings is 2. The molecule has 1 N–H and O–H groups in total. The molecule has 0 fully saturated rings. The molecule has 3 rings (SSSR count). The summed E-state index contributed by atoms with van der Waals surface area (Å²) in [5, 5.41) is 3.02. The normalized spacial score (nSPS) is 12.5. The number of rotatable bonds is 4. The van der Waals surface area contributed by atoms with Gasteiger partial charge in [-0.25, -0.2) is 4.98 Å². The number of carbonyl (C=O) groups is 1. The van der Waals surface area contributed by atoms with Gasteiger partial charge in [0.05, 0.1) is 11.0 Å². The zero-order chi connectivity index (χ0) is 16.4. The van der Waals surface area contributed by atoms with Gasteiger partial charge in [-0.15, -0.1) is 0 Å². The van der Waals surface area contributed by atoms with E-state index in [1.807, 2.05) is 60.0 Å². The smallest absolute Gasteiger partial charge is 0.251 e. The number of aromatic nitrogens is 2. The number of fused-ring (bicyclic) bond motifs is 1. The number of hydrogen-bond donors (Lipinski definition) is 1. The molecule has 0 aliphatic rings. The van der Waals surface area contributed by atoms with Crippen molar-refractivity contribution < 1.29 is 4.79 Å². The summed E-state index contributed by atoms with van der Waals surface area (Å²) in [5.74, 6) is 0.378. The van der Waals surface area contributed by atoms with Crippen molar-refractivity contribution in [2.45, 2.75) is 26.8 Å². The maximum absolute atomic E-state index is 12.2. The van der Waals surface area contributed by atoms with E-state index in [0.717, 1.165) is 16.7 Å². The van der Waals surface area contributed by atoms with Gasteiger partial charge in [-0.2, -0.15) is 0 Å². The van der Waals surface area contributed by atoms with E-state index in [0.29, 0.717) is 11.5 Å². The van der Waals surface area contributed by atoms with Crippen molar-refractivity contribution in [1.29, 1.82) is 0 Å². The Labute approximate surface area is 136 Å². The average molecular weight is 307 g/mol. The van der Waals surface area contributed by atoms with Crippen molar-refractivity contribution in [3.05, 3.63) is 60.4 Å². The second kappa shape index (κ2) is 6.24. The van der Waals surface area contributed by atoms with Crippen LogP contribution in [0.1, 0.15) is 31.1 Å². The van der Waals surface area contributed by atoms with Crippen molar-refractivity contribution in [2.24, 2.45) is 5.92 Å². The molecule has 2 aromatic carbocycles. The number of para-hydroxylation sites is 2. The molecule has 0 unspecified atom stereocenters. The average Bonchev–Trinajstić information content (AvgIpc) is 2.99. The Balaban J connectivity index is 1.83. The third-order valence-corrected chi connectivity index (χ3v) is 4.22. The molecule has 0 aliphatic carbocycles. The van der Waals surface area contributed by atoms with Crippen molar-refractivity contribution in [1.82, 2.24) is 14.9 Å². The molecule has 0 spiro atoms. The Morgan fingerprint density at radius 3 is 2.43 bits per heavy atom. The molecule has 0 radical (unpaired) electrons. The minimum absolute atomic E-state index is 0.0340. The van der Waals surface area contributed by atoms with E-state index in [4.69, 9.17) is 0 Å². The molecule has 0 bridgehead atoms. The van der Waals surface area contributed by atoms with Crippen molar-refractivity contribution >= 4 is 16.9 Å². The van der Waals surface area contributed by atoms with Gasteiger partial charge in [-0.1, -0.05) is 26.0 Å². The summed E-state index contributed by atoms with van der Waals surface area (Å²) in [6.07, 6.45) is 1.81. The highest BCUT2D eigenvalue weighted by Gasteiger charge is 2.12. The summed E-state index contributed by atoms with van der Waals surface area (Å²) in [6.45, 7) is 6.21. The van der Waals surface area contributed by atoms with Crippen LogP contribution >= 0.6 is 0 Å². The molecule has 3 aromatic rings. The van der Waals surface area contributed by atoms with Gasteiger partial charge in [0.25, 0.3) is 5.91 Å². The summed E-state index contributed by atoms with van der Waals surface area (Å²) in [7, 11) is 0. The Morgan fingerprint density at radius 2 is 1.74 bits per heavy atom. The zero-order valence-corrected chi connectivity index (χ0v) is 13.7. The summed E-state index contributed by atoms with van der Waals surface area (Å²) >= 11 is 0. The van der Waals surface area contributed by atoms with Crippen LogP contribution in [0.3, 0.4) is 0 Å². The molecule has 1 amide bonds. The second-order valence-electron chi connectivity index (χ2n) is 6.16. The molecule has 118 valence electrons. The summed E-state index contributed by atoms with van der Waals surface area (Å²) in [4.78, 5) is 16.6. The van der Waals surface area contributed by atoms with E-state index in [1.165, 1.54) is 0 Å². The van der Waals surface area contributed by atoms with Crippen LogP contribution < -0.4 is 5.32 Å². The van der Waals surface area contributed by atoms with E-state index in [1.54, 1.807) is 6.33 Å². The highest BCUT2D eigenvalue weighted by molar-refractivity contribution is 5.94. The van der Waals surface area contributed by atoms with Crippen LogP contribution in [-0.4, -0.2) is 21.5 Å². The zero-order valence-electron chi connectivity index (χ0n) is 13.7. The Hall–Kier alpha value is -2.62. The molecule has 23 heavy (non-hydrogen) atoms. The van der Waals surface area contributed by atoms with Crippen LogP contribution in [0.15, 0.2) is 54.9 Å². The third kappa shape index (κ3) is 3.11. The highest BCUT2D eigenvalue weighted by Crippen LogP contribution is 2.18. The molecule has 4 heteroatoms. The molecule has 0 aliphatic heterocycles.